The molecule has 0 spiro atoms. The summed E-state index contributed by atoms with van der Waals surface area (Å²) in [6.45, 7) is 3.94. The highest BCUT2D eigenvalue weighted by Crippen LogP contribution is 2.19. The van der Waals surface area contributed by atoms with E-state index in [0.29, 0.717) is 17.8 Å². The lowest BCUT2D eigenvalue weighted by Crippen LogP contribution is -2.31. The van der Waals surface area contributed by atoms with E-state index in [1.165, 1.54) is 7.05 Å². The van der Waals surface area contributed by atoms with Gasteiger partial charge in [-0.25, -0.2) is 8.78 Å². The van der Waals surface area contributed by atoms with Crippen molar-refractivity contribution in [2.24, 2.45) is 0 Å². The van der Waals surface area contributed by atoms with Crippen LogP contribution in [0.4, 0.5) is 14.5 Å². The van der Waals surface area contributed by atoms with E-state index in [1.54, 1.807) is 12.1 Å². The molecule has 0 aliphatic carbocycles. The molecular weight excluding hydrogens is 238 g/mol. The molecule has 1 N–H and O–H groups in total. The molecule has 0 aliphatic rings. The zero-order chi connectivity index (χ0) is 13.7. The Bertz CT molecular complexity index is 421. The van der Waals surface area contributed by atoms with E-state index < -0.39 is 18.9 Å². The van der Waals surface area contributed by atoms with Gasteiger partial charge in [0.2, 0.25) is 0 Å². The van der Waals surface area contributed by atoms with Crippen molar-refractivity contribution in [3.63, 3.8) is 0 Å². The Kier molecular flexibility index (Phi) is 5.07. The Morgan fingerprint density at radius 3 is 2.67 bits per heavy atom. The van der Waals surface area contributed by atoms with Crippen molar-refractivity contribution in [2.45, 2.75) is 20.3 Å². The first-order valence-corrected chi connectivity index (χ1v) is 5.83. The maximum Gasteiger partial charge on any atom is 0.255 e. The fraction of sp³-hybridized carbons (Fsp3) is 0.462. The molecular formula is C13H18F2N2O. The van der Waals surface area contributed by atoms with Gasteiger partial charge in [-0.15, -0.1) is 0 Å². The van der Waals surface area contributed by atoms with Gasteiger partial charge in [-0.3, -0.25) is 4.79 Å². The highest BCUT2D eigenvalue weighted by Gasteiger charge is 2.18. The Morgan fingerprint density at radius 2 is 2.11 bits per heavy atom. The average molecular weight is 256 g/mol. The van der Waals surface area contributed by atoms with E-state index in [2.05, 4.69) is 5.32 Å². The number of carbonyl (C=O) groups is 1. The van der Waals surface area contributed by atoms with Crippen molar-refractivity contribution in [1.29, 1.82) is 0 Å². The van der Waals surface area contributed by atoms with E-state index >= 15 is 0 Å². The number of benzene rings is 1. The SMILES string of the molecule is CCNc1cc(C)ccc1C(=O)N(C)CC(F)F. The number of hydrogen-bond donors (Lipinski definition) is 1. The molecule has 1 rings (SSSR count). The third-order valence-electron chi connectivity index (χ3n) is 2.53. The molecule has 0 saturated heterocycles. The van der Waals surface area contributed by atoms with Crippen LogP contribution >= 0.6 is 0 Å². The van der Waals surface area contributed by atoms with Crippen LogP contribution in [0.1, 0.15) is 22.8 Å². The zero-order valence-corrected chi connectivity index (χ0v) is 10.8. The molecule has 0 atom stereocenters. The van der Waals surface area contributed by atoms with E-state index in [9.17, 15) is 13.6 Å². The van der Waals surface area contributed by atoms with Gasteiger partial charge in [0.1, 0.15) is 0 Å². The lowest BCUT2D eigenvalue weighted by Gasteiger charge is -2.19. The Labute approximate surface area is 106 Å². The first-order valence-electron chi connectivity index (χ1n) is 5.83. The minimum absolute atomic E-state index is 0.397. The normalized spacial score (nSPS) is 10.6. The highest BCUT2D eigenvalue weighted by atomic mass is 19.3. The molecule has 0 unspecified atom stereocenters. The largest absolute Gasteiger partial charge is 0.385 e. The van der Waals surface area contributed by atoms with Crippen LogP contribution in [0.15, 0.2) is 18.2 Å². The standard InChI is InChI=1S/C13H18F2N2O/c1-4-16-11-7-9(2)5-6-10(11)13(18)17(3)8-12(14)15/h5-7,12,16H,4,8H2,1-3H3. The second-order valence-electron chi connectivity index (χ2n) is 4.16. The van der Waals surface area contributed by atoms with Crippen molar-refractivity contribution in [2.75, 3.05) is 25.5 Å². The predicted molar refractivity (Wildman–Crippen MR) is 68.3 cm³/mol. The lowest BCUT2D eigenvalue weighted by molar-refractivity contribution is 0.0621. The molecule has 5 heteroatoms. The highest BCUT2D eigenvalue weighted by molar-refractivity contribution is 5.99. The van der Waals surface area contributed by atoms with E-state index in [0.717, 1.165) is 10.5 Å². The smallest absolute Gasteiger partial charge is 0.255 e. The van der Waals surface area contributed by atoms with Crippen LogP contribution in [0, 0.1) is 6.92 Å². The van der Waals surface area contributed by atoms with E-state index in [-0.39, 0.29) is 0 Å². The van der Waals surface area contributed by atoms with Crippen molar-refractivity contribution in [3.8, 4) is 0 Å². The summed E-state index contributed by atoms with van der Waals surface area (Å²) in [5.74, 6) is -0.397. The quantitative estimate of drug-likeness (QED) is 0.878. The number of hydrogen-bond acceptors (Lipinski definition) is 2. The molecule has 0 fully saturated rings. The summed E-state index contributed by atoms with van der Waals surface area (Å²) in [4.78, 5) is 13.1. The number of rotatable bonds is 5. The molecule has 0 heterocycles. The van der Waals surface area contributed by atoms with Crippen LogP contribution in [0.3, 0.4) is 0 Å². The number of alkyl halides is 2. The van der Waals surface area contributed by atoms with Gasteiger partial charge in [-0.1, -0.05) is 6.07 Å². The van der Waals surface area contributed by atoms with Crippen LogP contribution in [-0.4, -0.2) is 37.4 Å². The Morgan fingerprint density at radius 1 is 1.44 bits per heavy atom. The number of aryl methyl sites for hydroxylation is 1. The summed E-state index contributed by atoms with van der Waals surface area (Å²) in [5, 5.41) is 3.07. The zero-order valence-electron chi connectivity index (χ0n) is 10.8. The van der Waals surface area contributed by atoms with Gasteiger partial charge < -0.3 is 10.2 Å². The molecule has 0 aromatic heterocycles. The van der Waals surface area contributed by atoms with Gasteiger partial charge in [0.25, 0.3) is 12.3 Å². The molecule has 0 saturated carbocycles. The predicted octanol–water partition coefficient (Wildman–Crippen LogP) is 2.76. The van der Waals surface area contributed by atoms with E-state index in [1.807, 2.05) is 19.9 Å². The first-order chi connectivity index (χ1) is 8.45. The molecule has 0 aliphatic heterocycles. The first kappa shape index (κ1) is 14.4. The van der Waals surface area contributed by atoms with Crippen LogP contribution in [0.2, 0.25) is 0 Å². The van der Waals surface area contributed by atoms with Gasteiger partial charge >= 0.3 is 0 Å². The molecule has 18 heavy (non-hydrogen) atoms. The number of amides is 1. The van der Waals surface area contributed by atoms with Crippen LogP contribution in [0.25, 0.3) is 0 Å². The molecule has 1 aromatic rings. The Balaban J connectivity index is 2.97. The number of nitrogens with one attached hydrogen (secondary N) is 1. The molecule has 3 nitrogen and oxygen atoms in total. The maximum atomic E-state index is 12.3. The van der Waals surface area contributed by atoms with Crippen LogP contribution in [0.5, 0.6) is 0 Å². The van der Waals surface area contributed by atoms with Crippen LogP contribution < -0.4 is 5.32 Å². The fourth-order valence-corrected chi connectivity index (χ4v) is 1.68. The molecule has 100 valence electrons. The third-order valence-corrected chi connectivity index (χ3v) is 2.53. The molecule has 1 amide bonds. The third kappa shape index (κ3) is 3.68. The number of anilines is 1. The molecule has 0 bridgehead atoms. The van der Waals surface area contributed by atoms with E-state index in [4.69, 9.17) is 0 Å². The number of nitrogens with zero attached hydrogens (tertiary/aromatic N) is 1. The minimum Gasteiger partial charge on any atom is -0.385 e. The summed E-state index contributed by atoms with van der Waals surface area (Å²) in [7, 11) is 1.38. The number of halogens is 2. The average Bonchev–Trinajstić information content (AvgIpc) is 2.28. The van der Waals surface area contributed by atoms with Crippen molar-refractivity contribution < 1.29 is 13.6 Å². The minimum atomic E-state index is -2.52. The van der Waals surface area contributed by atoms with Gasteiger partial charge in [0, 0.05) is 19.3 Å². The second-order valence-corrected chi connectivity index (χ2v) is 4.16. The maximum absolute atomic E-state index is 12.3. The summed E-state index contributed by atoms with van der Waals surface area (Å²) in [6.07, 6.45) is -2.52. The lowest BCUT2D eigenvalue weighted by atomic mass is 10.1. The van der Waals surface area contributed by atoms with Gasteiger partial charge in [0.05, 0.1) is 12.1 Å². The van der Waals surface area contributed by atoms with Crippen molar-refractivity contribution in [3.05, 3.63) is 29.3 Å². The fourth-order valence-electron chi connectivity index (χ4n) is 1.68. The number of carbonyl (C=O) groups excluding carboxylic acids is 1. The van der Waals surface area contributed by atoms with Gasteiger partial charge in [0.15, 0.2) is 0 Å². The second kappa shape index (κ2) is 6.33. The monoisotopic (exact) mass is 256 g/mol. The van der Waals surface area contributed by atoms with Crippen molar-refractivity contribution >= 4 is 11.6 Å². The van der Waals surface area contributed by atoms with Crippen LogP contribution in [-0.2, 0) is 0 Å². The molecule has 1 aromatic carbocycles. The topological polar surface area (TPSA) is 32.3 Å². The Hall–Kier alpha value is -1.65. The van der Waals surface area contributed by atoms with Crippen molar-refractivity contribution in [1.82, 2.24) is 4.90 Å². The van der Waals surface area contributed by atoms with Gasteiger partial charge in [-0.05, 0) is 31.5 Å². The summed E-state index contributed by atoms with van der Waals surface area (Å²) < 4.78 is 24.5. The summed E-state index contributed by atoms with van der Waals surface area (Å²) >= 11 is 0. The summed E-state index contributed by atoms with van der Waals surface area (Å²) in [5.41, 5.74) is 2.12. The van der Waals surface area contributed by atoms with Gasteiger partial charge in [-0.2, -0.15) is 0 Å². The molecule has 0 radical (unpaired) electrons. The summed E-state index contributed by atoms with van der Waals surface area (Å²) in [6, 6.07) is 5.30.